The number of aromatic nitrogens is 3. The van der Waals surface area contributed by atoms with Crippen LogP contribution in [0, 0.1) is 0 Å². The molecular weight excluding hydrogens is 384 g/mol. The van der Waals surface area contributed by atoms with Crippen LogP contribution in [0.15, 0.2) is 82.9 Å². The van der Waals surface area contributed by atoms with Crippen molar-refractivity contribution in [2.24, 2.45) is 4.99 Å². The molecule has 0 spiro atoms. The minimum Gasteiger partial charge on any atom is -0.361 e. The van der Waals surface area contributed by atoms with Gasteiger partial charge in [0.2, 0.25) is 0 Å². The third-order valence-electron chi connectivity index (χ3n) is 4.72. The summed E-state index contributed by atoms with van der Waals surface area (Å²) in [5.74, 6) is 0. The van der Waals surface area contributed by atoms with Gasteiger partial charge >= 0.3 is 0 Å². The van der Waals surface area contributed by atoms with Crippen molar-refractivity contribution < 1.29 is 0 Å². The van der Waals surface area contributed by atoms with Gasteiger partial charge < -0.3 is 9.55 Å². The number of nitrogens with zero attached hydrogens (tertiary/aromatic N) is 3. The van der Waals surface area contributed by atoms with Crippen LogP contribution < -0.4 is 4.80 Å². The van der Waals surface area contributed by atoms with Crippen LogP contribution in [-0.2, 0) is 13.0 Å². The van der Waals surface area contributed by atoms with Gasteiger partial charge in [-0.2, -0.15) is 0 Å². The Morgan fingerprint density at radius 1 is 1.04 bits per heavy atom. The molecule has 0 saturated carbocycles. The van der Waals surface area contributed by atoms with Crippen LogP contribution in [0.1, 0.15) is 5.56 Å². The molecule has 28 heavy (non-hydrogen) atoms. The van der Waals surface area contributed by atoms with Gasteiger partial charge in [-0.05, 0) is 41.6 Å². The summed E-state index contributed by atoms with van der Waals surface area (Å²) in [5.41, 5.74) is 4.62. The minimum atomic E-state index is 0.873. The highest BCUT2D eigenvalue weighted by Crippen LogP contribution is 2.26. The lowest BCUT2D eigenvalue weighted by Crippen LogP contribution is -2.17. The molecule has 1 aromatic carbocycles. The van der Waals surface area contributed by atoms with Gasteiger partial charge in [-0.1, -0.05) is 24.3 Å². The number of benzene rings is 1. The average molecular weight is 403 g/mol. The van der Waals surface area contributed by atoms with Gasteiger partial charge in [0.1, 0.15) is 0 Å². The van der Waals surface area contributed by atoms with E-state index < -0.39 is 0 Å². The van der Waals surface area contributed by atoms with Gasteiger partial charge in [-0.15, -0.1) is 22.7 Å². The lowest BCUT2D eigenvalue weighted by atomic mass is 10.1. The highest BCUT2D eigenvalue weighted by atomic mass is 32.1. The van der Waals surface area contributed by atoms with Crippen molar-refractivity contribution in [3.63, 3.8) is 0 Å². The van der Waals surface area contributed by atoms with Gasteiger partial charge in [0.25, 0.3) is 0 Å². The number of H-pyrrole nitrogens is 1. The summed E-state index contributed by atoms with van der Waals surface area (Å²) in [5, 5.41) is 5.62. The van der Waals surface area contributed by atoms with E-state index in [0.717, 1.165) is 23.5 Å². The highest BCUT2D eigenvalue weighted by molar-refractivity contribution is 7.14. The van der Waals surface area contributed by atoms with Gasteiger partial charge in [0.05, 0.1) is 22.5 Å². The number of hydrogen-bond acceptors (Lipinski definition) is 4. The van der Waals surface area contributed by atoms with E-state index in [9.17, 15) is 0 Å². The Labute approximate surface area is 170 Å². The summed E-state index contributed by atoms with van der Waals surface area (Å²) in [4.78, 5) is 14.7. The molecule has 0 aliphatic heterocycles. The molecule has 0 fully saturated rings. The summed E-state index contributed by atoms with van der Waals surface area (Å²) in [6.07, 6.45) is 6.64. The van der Waals surface area contributed by atoms with Crippen molar-refractivity contribution in [2.45, 2.75) is 13.0 Å². The zero-order valence-corrected chi connectivity index (χ0v) is 16.7. The maximum absolute atomic E-state index is 4.85. The number of para-hydroxylation sites is 1. The van der Waals surface area contributed by atoms with Crippen molar-refractivity contribution in [3.05, 3.63) is 88.2 Å². The van der Waals surface area contributed by atoms with Crippen molar-refractivity contribution in [2.75, 3.05) is 0 Å². The first-order chi connectivity index (χ1) is 13.9. The molecule has 0 unspecified atom stereocenters. The van der Waals surface area contributed by atoms with Crippen LogP contribution in [-0.4, -0.2) is 14.5 Å². The number of aromatic amines is 1. The van der Waals surface area contributed by atoms with E-state index in [1.807, 2.05) is 12.1 Å². The average Bonchev–Trinajstić information content (AvgIpc) is 3.47. The third kappa shape index (κ3) is 3.32. The first kappa shape index (κ1) is 17.2. The smallest absolute Gasteiger partial charge is 0.190 e. The van der Waals surface area contributed by atoms with E-state index in [1.165, 1.54) is 27.0 Å². The number of pyridine rings is 1. The molecule has 0 saturated heterocycles. The van der Waals surface area contributed by atoms with E-state index in [0.29, 0.717) is 0 Å². The fourth-order valence-corrected chi connectivity index (χ4v) is 5.13. The van der Waals surface area contributed by atoms with Gasteiger partial charge in [0.15, 0.2) is 4.80 Å². The summed E-state index contributed by atoms with van der Waals surface area (Å²) < 4.78 is 2.32. The van der Waals surface area contributed by atoms with E-state index >= 15 is 0 Å². The Hall–Kier alpha value is -2.96. The molecular formula is C22H18N4S2. The fraction of sp³-hybridized carbons (Fsp3) is 0.0909. The summed E-state index contributed by atoms with van der Waals surface area (Å²) in [6.45, 7) is 0.873. The maximum Gasteiger partial charge on any atom is 0.190 e. The number of thiophene rings is 1. The first-order valence-electron chi connectivity index (χ1n) is 9.10. The minimum absolute atomic E-state index is 0.873. The zero-order valence-electron chi connectivity index (χ0n) is 15.1. The Morgan fingerprint density at radius 3 is 2.86 bits per heavy atom. The van der Waals surface area contributed by atoms with Crippen LogP contribution in [0.2, 0.25) is 0 Å². The molecule has 0 amide bonds. The molecule has 5 rings (SSSR count). The van der Waals surface area contributed by atoms with E-state index in [-0.39, 0.29) is 0 Å². The molecule has 0 atom stereocenters. The quantitative estimate of drug-likeness (QED) is 0.407. The number of aryl methyl sites for hydroxylation is 1. The summed E-state index contributed by atoms with van der Waals surface area (Å²) in [7, 11) is 0. The van der Waals surface area contributed by atoms with Crippen LogP contribution >= 0.6 is 22.7 Å². The van der Waals surface area contributed by atoms with Crippen LogP contribution in [0.5, 0.6) is 0 Å². The largest absolute Gasteiger partial charge is 0.361 e. The molecule has 0 bridgehead atoms. The predicted octanol–water partition coefficient (Wildman–Crippen LogP) is 5.63. The molecule has 4 heterocycles. The topological polar surface area (TPSA) is 46.0 Å². The van der Waals surface area contributed by atoms with Gasteiger partial charge in [-0.25, -0.2) is 4.99 Å². The number of rotatable bonds is 5. The van der Waals surface area contributed by atoms with Crippen LogP contribution in [0.4, 0.5) is 5.69 Å². The zero-order chi connectivity index (χ0) is 18.8. The fourth-order valence-electron chi connectivity index (χ4n) is 3.36. The normalized spacial score (nSPS) is 12.1. The molecule has 0 aliphatic rings. The number of hydrogen-bond donors (Lipinski definition) is 1. The monoisotopic (exact) mass is 402 g/mol. The highest BCUT2D eigenvalue weighted by Gasteiger charge is 2.11. The third-order valence-corrected chi connectivity index (χ3v) is 6.48. The Morgan fingerprint density at radius 2 is 2.00 bits per heavy atom. The Balaban J connectivity index is 1.55. The second kappa shape index (κ2) is 7.58. The van der Waals surface area contributed by atoms with E-state index in [4.69, 9.17) is 4.99 Å². The Bertz CT molecular complexity index is 1260. The van der Waals surface area contributed by atoms with Crippen LogP contribution in [0.25, 0.3) is 21.5 Å². The van der Waals surface area contributed by atoms with Crippen molar-refractivity contribution in [1.29, 1.82) is 0 Å². The van der Waals surface area contributed by atoms with E-state index in [1.54, 1.807) is 35.1 Å². The first-order valence-corrected chi connectivity index (χ1v) is 10.9. The molecule has 138 valence electrons. The second-order valence-electron chi connectivity index (χ2n) is 6.46. The second-order valence-corrected chi connectivity index (χ2v) is 8.25. The SMILES string of the molecule is c1cncc(N=c2scc(-c3cccs3)n2CCc2c[nH]c3ccccc23)c1. The molecule has 0 aliphatic carbocycles. The summed E-state index contributed by atoms with van der Waals surface area (Å²) in [6, 6.07) is 16.6. The Kier molecular flexibility index (Phi) is 4.64. The van der Waals surface area contributed by atoms with Crippen molar-refractivity contribution >= 4 is 39.3 Å². The van der Waals surface area contributed by atoms with Crippen molar-refractivity contribution in [3.8, 4) is 10.6 Å². The molecule has 4 aromatic heterocycles. The molecule has 1 N–H and O–H groups in total. The number of thiazole rings is 1. The molecule has 0 radical (unpaired) electrons. The number of fused-ring (bicyclic) bond motifs is 1. The van der Waals surface area contributed by atoms with Crippen LogP contribution in [0.3, 0.4) is 0 Å². The molecule has 4 nitrogen and oxygen atoms in total. The number of nitrogens with one attached hydrogen (secondary N) is 1. The lowest BCUT2D eigenvalue weighted by Gasteiger charge is -2.08. The van der Waals surface area contributed by atoms with Gasteiger partial charge in [-0.3, -0.25) is 4.98 Å². The lowest BCUT2D eigenvalue weighted by molar-refractivity contribution is 0.687. The maximum atomic E-state index is 4.85. The van der Waals surface area contributed by atoms with E-state index in [2.05, 4.69) is 67.9 Å². The van der Waals surface area contributed by atoms with Gasteiger partial charge in [0, 0.05) is 35.2 Å². The predicted molar refractivity (Wildman–Crippen MR) is 117 cm³/mol. The molecule has 6 heteroatoms. The van der Waals surface area contributed by atoms with Crippen molar-refractivity contribution in [1.82, 2.24) is 14.5 Å². The molecule has 5 aromatic rings. The standard InChI is InChI=1S/C22H18N4S2/c1-2-7-19-18(6-1)16(13-24-19)9-11-26-20(21-8-4-12-27-21)15-28-22(26)25-17-5-3-10-23-14-17/h1-8,10,12-15,24H,9,11H2. The summed E-state index contributed by atoms with van der Waals surface area (Å²) >= 11 is 3.44.